The molecule has 1 heterocycles. The van der Waals surface area contributed by atoms with E-state index in [2.05, 4.69) is 24.1 Å². The van der Waals surface area contributed by atoms with E-state index in [1.807, 2.05) is 6.92 Å². The molecule has 2 N–H and O–H groups in total. The maximum atomic E-state index is 10.5. The van der Waals surface area contributed by atoms with Crippen molar-refractivity contribution < 1.29 is 5.11 Å². The number of aryl methyl sites for hydroxylation is 2. The van der Waals surface area contributed by atoms with Crippen molar-refractivity contribution in [2.45, 2.75) is 64.5 Å². The minimum absolute atomic E-state index is 0.223. The summed E-state index contributed by atoms with van der Waals surface area (Å²) in [6.45, 7) is 6.98. The third-order valence-corrected chi connectivity index (χ3v) is 4.77. The lowest BCUT2D eigenvalue weighted by Gasteiger charge is -2.33. The van der Waals surface area contributed by atoms with Crippen molar-refractivity contribution in [3.63, 3.8) is 0 Å². The molecule has 1 saturated carbocycles. The van der Waals surface area contributed by atoms with Crippen LogP contribution in [0.3, 0.4) is 0 Å². The predicted octanol–water partition coefficient (Wildman–Crippen LogP) is 3.11. The van der Waals surface area contributed by atoms with Gasteiger partial charge in [-0.1, -0.05) is 19.3 Å². The number of hydrogen-bond donors (Lipinski definition) is 2. The zero-order chi connectivity index (χ0) is 13.2. The Balaban J connectivity index is 1.91. The first-order valence-corrected chi connectivity index (χ1v) is 7.71. The first kappa shape index (κ1) is 14.0. The highest BCUT2D eigenvalue weighted by Gasteiger charge is 2.29. The number of thiazole rings is 1. The molecule has 0 bridgehead atoms. The van der Waals surface area contributed by atoms with Crippen LogP contribution in [0.5, 0.6) is 0 Å². The molecule has 18 heavy (non-hydrogen) atoms. The standard InChI is InChI=1S/C14H24N2OS/c1-10(13-11(2)18-12(3)16-13)15-9-14(17)7-5-4-6-8-14/h10,15,17H,4-9H2,1-3H3. The summed E-state index contributed by atoms with van der Waals surface area (Å²) < 4.78 is 0. The minimum Gasteiger partial charge on any atom is -0.389 e. The van der Waals surface area contributed by atoms with E-state index < -0.39 is 5.60 Å². The van der Waals surface area contributed by atoms with E-state index in [1.165, 1.54) is 11.3 Å². The molecular weight excluding hydrogens is 244 g/mol. The summed E-state index contributed by atoms with van der Waals surface area (Å²) >= 11 is 1.74. The third-order valence-electron chi connectivity index (χ3n) is 3.87. The zero-order valence-electron chi connectivity index (χ0n) is 11.6. The molecule has 0 aliphatic heterocycles. The number of hydrogen-bond acceptors (Lipinski definition) is 4. The SMILES string of the molecule is Cc1nc(C(C)NCC2(O)CCCCC2)c(C)s1. The second-order valence-corrected chi connectivity index (χ2v) is 6.97. The van der Waals surface area contributed by atoms with Gasteiger partial charge in [-0.2, -0.15) is 0 Å². The second-order valence-electron chi connectivity index (χ2n) is 5.56. The van der Waals surface area contributed by atoms with E-state index in [1.54, 1.807) is 11.3 Å². The average Bonchev–Trinajstić information content (AvgIpc) is 2.67. The fraction of sp³-hybridized carbons (Fsp3) is 0.786. The summed E-state index contributed by atoms with van der Waals surface area (Å²) in [5.41, 5.74) is 0.641. The van der Waals surface area contributed by atoms with Gasteiger partial charge in [0.25, 0.3) is 0 Å². The molecule has 102 valence electrons. The smallest absolute Gasteiger partial charge is 0.0900 e. The topological polar surface area (TPSA) is 45.2 Å². The zero-order valence-corrected chi connectivity index (χ0v) is 12.4. The highest BCUT2D eigenvalue weighted by atomic mass is 32.1. The van der Waals surface area contributed by atoms with Gasteiger partial charge in [-0.25, -0.2) is 4.98 Å². The Morgan fingerprint density at radius 3 is 2.56 bits per heavy atom. The molecule has 1 unspecified atom stereocenters. The molecule has 4 heteroatoms. The van der Waals surface area contributed by atoms with Crippen LogP contribution < -0.4 is 5.32 Å². The minimum atomic E-state index is -0.495. The van der Waals surface area contributed by atoms with Gasteiger partial charge in [0.15, 0.2) is 0 Å². The number of aromatic nitrogens is 1. The van der Waals surface area contributed by atoms with Gasteiger partial charge in [-0.15, -0.1) is 11.3 Å². The maximum absolute atomic E-state index is 10.5. The number of aliphatic hydroxyl groups is 1. The van der Waals surface area contributed by atoms with Crippen LogP contribution in [0.4, 0.5) is 0 Å². The van der Waals surface area contributed by atoms with Crippen molar-refractivity contribution in [2.24, 2.45) is 0 Å². The molecule has 1 aromatic rings. The highest BCUT2D eigenvalue weighted by Crippen LogP contribution is 2.28. The molecule has 0 amide bonds. The quantitative estimate of drug-likeness (QED) is 0.882. The average molecular weight is 268 g/mol. The van der Waals surface area contributed by atoms with Crippen molar-refractivity contribution in [3.8, 4) is 0 Å². The molecule has 1 aliphatic carbocycles. The van der Waals surface area contributed by atoms with E-state index in [0.717, 1.165) is 36.4 Å². The Morgan fingerprint density at radius 1 is 1.33 bits per heavy atom. The van der Waals surface area contributed by atoms with Crippen LogP contribution in [-0.4, -0.2) is 22.2 Å². The van der Waals surface area contributed by atoms with Crippen LogP contribution in [0.2, 0.25) is 0 Å². The Morgan fingerprint density at radius 2 is 2.00 bits per heavy atom. The van der Waals surface area contributed by atoms with Crippen LogP contribution >= 0.6 is 11.3 Å². The van der Waals surface area contributed by atoms with Gasteiger partial charge in [0.1, 0.15) is 0 Å². The maximum Gasteiger partial charge on any atom is 0.0900 e. The van der Waals surface area contributed by atoms with Gasteiger partial charge >= 0.3 is 0 Å². The van der Waals surface area contributed by atoms with Crippen molar-refractivity contribution in [3.05, 3.63) is 15.6 Å². The fourth-order valence-electron chi connectivity index (χ4n) is 2.77. The molecule has 1 aliphatic rings. The van der Waals surface area contributed by atoms with Gasteiger partial charge in [-0.3, -0.25) is 0 Å². The molecule has 1 fully saturated rings. The normalized spacial score (nSPS) is 20.9. The highest BCUT2D eigenvalue weighted by molar-refractivity contribution is 7.11. The van der Waals surface area contributed by atoms with E-state index >= 15 is 0 Å². The molecular formula is C14H24N2OS. The third kappa shape index (κ3) is 3.31. The monoisotopic (exact) mass is 268 g/mol. The van der Waals surface area contributed by atoms with Crippen molar-refractivity contribution in [1.29, 1.82) is 0 Å². The first-order chi connectivity index (χ1) is 8.50. The molecule has 1 aromatic heterocycles. The van der Waals surface area contributed by atoms with Crippen LogP contribution in [0.15, 0.2) is 0 Å². The summed E-state index contributed by atoms with van der Waals surface area (Å²) in [5.74, 6) is 0. The Kier molecular flexibility index (Phi) is 4.41. The number of nitrogens with zero attached hydrogens (tertiary/aromatic N) is 1. The summed E-state index contributed by atoms with van der Waals surface area (Å²) in [5, 5.41) is 15.0. The van der Waals surface area contributed by atoms with Gasteiger partial charge < -0.3 is 10.4 Å². The number of nitrogens with one attached hydrogen (secondary N) is 1. The molecule has 2 rings (SSSR count). The van der Waals surface area contributed by atoms with E-state index in [4.69, 9.17) is 0 Å². The fourth-order valence-corrected chi connectivity index (χ4v) is 3.69. The molecule has 3 nitrogen and oxygen atoms in total. The van der Waals surface area contributed by atoms with Gasteiger partial charge in [0, 0.05) is 17.5 Å². The Labute approximate surface area is 114 Å². The summed E-state index contributed by atoms with van der Waals surface area (Å²) in [4.78, 5) is 5.85. The van der Waals surface area contributed by atoms with Crippen LogP contribution in [0, 0.1) is 13.8 Å². The largest absolute Gasteiger partial charge is 0.389 e. The van der Waals surface area contributed by atoms with Gasteiger partial charge in [0.2, 0.25) is 0 Å². The lowest BCUT2D eigenvalue weighted by Crippen LogP contribution is -2.43. The summed E-state index contributed by atoms with van der Waals surface area (Å²) in [6, 6.07) is 0.223. The molecule has 0 spiro atoms. The summed E-state index contributed by atoms with van der Waals surface area (Å²) in [6.07, 6.45) is 5.44. The van der Waals surface area contributed by atoms with Crippen molar-refractivity contribution >= 4 is 11.3 Å². The lowest BCUT2D eigenvalue weighted by atomic mass is 9.85. The second kappa shape index (κ2) is 5.68. The van der Waals surface area contributed by atoms with Crippen LogP contribution in [-0.2, 0) is 0 Å². The molecule has 1 atom stereocenters. The molecule has 0 radical (unpaired) electrons. The van der Waals surface area contributed by atoms with Crippen molar-refractivity contribution in [2.75, 3.05) is 6.54 Å². The Hall–Kier alpha value is -0.450. The Bertz CT molecular complexity index is 396. The van der Waals surface area contributed by atoms with E-state index in [9.17, 15) is 5.11 Å². The molecule has 0 aromatic carbocycles. The van der Waals surface area contributed by atoms with E-state index in [0.29, 0.717) is 6.54 Å². The predicted molar refractivity (Wildman–Crippen MR) is 76.0 cm³/mol. The lowest BCUT2D eigenvalue weighted by molar-refractivity contribution is 0.00291. The summed E-state index contributed by atoms with van der Waals surface area (Å²) in [7, 11) is 0. The van der Waals surface area contributed by atoms with Crippen molar-refractivity contribution in [1.82, 2.24) is 10.3 Å². The van der Waals surface area contributed by atoms with E-state index in [-0.39, 0.29) is 6.04 Å². The van der Waals surface area contributed by atoms with Gasteiger partial charge in [-0.05, 0) is 33.6 Å². The number of rotatable bonds is 4. The van der Waals surface area contributed by atoms with Gasteiger partial charge in [0.05, 0.1) is 16.3 Å². The van der Waals surface area contributed by atoms with Crippen LogP contribution in [0.1, 0.15) is 60.6 Å². The molecule has 0 saturated heterocycles. The first-order valence-electron chi connectivity index (χ1n) is 6.90. The van der Waals surface area contributed by atoms with Crippen LogP contribution in [0.25, 0.3) is 0 Å².